The summed E-state index contributed by atoms with van der Waals surface area (Å²) in [6, 6.07) is 19.9. The quantitative estimate of drug-likeness (QED) is 0.533. The lowest BCUT2D eigenvalue weighted by Gasteiger charge is -2.35. The second-order valence-corrected chi connectivity index (χ2v) is 8.79. The van der Waals surface area contributed by atoms with Crippen LogP contribution in [0.1, 0.15) is 6.42 Å². The second-order valence-electron chi connectivity index (χ2n) is 7.62. The summed E-state index contributed by atoms with van der Waals surface area (Å²) in [6.45, 7) is 3.19. The molecule has 1 fully saturated rings. The molecule has 2 aromatic carbocycles. The number of thioether (sulfide) groups is 1. The summed E-state index contributed by atoms with van der Waals surface area (Å²) in [5, 5.41) is 8.82. The van der Waals surface area contributed by atoms with E-state index in [1.54, 1.807) is 11.8 Å². The van der Waals surface area contributed by atoms with Gasteiger partial charge in [0.15, 0.2) is 17.3 Å². The van der Waals surface area contributed by atoms with Crippen LogP contribution in [0.3, 0.4) is 0 Å². The molecule has 0 radical (unpaired) electrons. The number of aromatic nitrogens is 2. The van der Waals surface area contributed by atoms with Gasteiger partial charge in [0.1, 0.15) is 0 Å². The van der Waals surface area contributed by atoms with Gasteiger partial charge in [0.2, 0.25) is 12.7 Å². The maximum atomic E-state index is 12.6. The Bertz CT molecular complexity index is 1070. The van der Waals surface area contributed by atoms with E-state index >= 15 is 0 Å². The van der Waals surface area contributed by atoms with E-state index in [4.69, 9.17) is 9.47 Å². The fraction of sp³-hybridized carbons (Fsp3) is 0.292. The Hall–Kier alpha value is -3.26. The van der Waals surface area contributed by atoms with Gasteiger partial charge in [-0.3, -0.25) is 4.79 Å². The van der Waals surface area contributed by atoms with Crippen molar-refractivity contribution in [1.82, 2.24) is 15.1 Å². The predicted molar refractivity (Wildman–Crippen MR) is 124 cm³/mol. The van der Waals surface area contributed by atoms with Gasteiger partial charge in [0.05, 0.1) is 5.69 Å². The van der Waals surface area contributed by atoms with Crippen molar-refractivity contribution in [2.24, 2.45) is 0 Å². The number of fused-ring (bicyclic) bond motifs is 1. The number of nitrogens with zero attached hydrogens (tertiary/aromatic N) is 4. The van der Waals surface area contributed by atoms with Crippen LogP contribution in [-0.4, -0.2) is 59.7 Å². The molecule has 1 aromatic heterocycles. The topological polar surface area (TPSA) is 67.8 Å². The third-order valence-electron chi connectivity index (χ3n) is 5.60. The minimum atomic E-state index is 0.220. The normalized spacial score (nSPS) is 15.1. The summed E-state index contributed by atoms with van der Waals surface area (Å²) >= 11 is 1.73. The van der Waals surface area contributed by atoms with Gasteiger partial charge in [-0.15, -0.1) is 22.0 Å². The molecule has 164 valence electrons. The van der Waals surface area contributed by atoms with Crippen LogP contribution in [0.5, 0.6) is 11.5 Å². The number of ether oxygens (including phenoxy) is 2. The molecule has 8 heteroatoms. The number of carbonyl (C=O) groups excluding carboxylic acids is 1. The summed E-state index contributed by atoms with van der Waals surface area (Å²) in [4.78, 5) is 17.9. The number of carbonyl (C=O) groups is 1. The summed E-state index contributed by atoms with van der Waals surface area (Å²) in [6.07, 6.45) is 0.559. The van der Waals surface area contributed by atoms with E-state index in [0.717, 1.165) is 47.4 Å². The highest BCUT2D eigenvalue weighted by Crippen LogP contribution is 2.35. The van der Waals surface area contributed by atoms with Gasteiger partial charge >= 0.3 is 0 Å². The van der Waals surface area contributed by atoms with Crippen LogP contribution in [0.2, 0.25) is 0 Å². The minimum Gasteiger partial charge on any atom is -0.454 e. The Kier molecular flexibility index (Phi) is 6.11. The number of amides is 1. The number of rotatable bonds is 6. The van der Waals surface area contributed by atoms with Crippen LogP contribution < -0.4 is 14.4 Å². The largest absolute Gasteiger partial charge is 0.454 e. The first kappa shape index (κ1) is 20.6. The number of hydrogen-bond donors (Lipinski definition) is 0. The van der Waals surface area contributed by atoms with E-state index in [9.17, 15) is 4.79 Å². The molecule has 0 N–H and O–H groups in total. The maximum absolute atomic E-state index is 12.6. The maximum Gasteiger partial charge on any atom is 0.231 e. The zero-order valence-electron chi connectivity index (χ0n) is 17.6. The molecule has 1 amide bonds. The molecule has 0 bridgehead atoms. The van der Waals surface area contributed by atoms with E-state index in [1.165, 1.54) is 4.90 Å². The Balaban J connectivity index is 1.12. The van der Waals surface area contributed by atoms with Crippen LogP contribution in [0.15, 0.2) is 65.6 Å². The molecule has 0 aliphatic carbocycles. The molecule has 3 heterocycles. The van der Waals surface area contributed by atoms with Crippen LogP contribution in [0.25, 0.3) is 11.3 Å². The fourth-order valence-corrected chi connectivity index (χ4v) is 4.68. The molecule has 0 saturated carbocycles. The van der Waals surface area contributed by atoms with Gasteiger partial charge in [-0.1, -0.05) is 18.2 Å². The highest BCUT2D eigenvalue weighted by Gasteiger charge is 2.22. The van der Waals surface area contributed by atoms with Crippen molar-refractivity contribution in [3.05, 3.63) is 60.7 Å². The van der Waals surface area contributed by atoms with Gasteiger partial charge < -0.3 is 19.3 Å². The third kappa shape index (κ3) is 4.65. The van der Waals surface area contributed by atoms with Crippen molar-refractivity contribution in [3.63, 3.8) is 0 Å². The van der Waals surface area contributed by atoms with Crippen molar-refractivity contribution < 1.29 is 14.3 Å². The number of hydrogen-bond acceptors (Lipinski definition) is 7. The molecular weight excluding hydrogens is 424 g/mol. The molecule has 0 spiro atoms. The van der Waals surface area contributed by atoms with Crippen LogP contribution in [0, 0.1) is 0 Å². The second kappa shape index (κ2) is 9.48. The van der Waals surface area contributed by atoms with Crippen molar-refractivity contribution in [3.8, 4) is 22.8 Å². The van der Waals surface area contributed by atoms with Gasteiger partial charge in [-0.2, -0.15) is 0 Å². The van der Waals surface area contributed by atoms with Crippen LogP contribution >= 0.6 is 11.8 Å². The average Bonchev–Trinajstić information content (AvgIpc) is 3.33. The monoisotopic (exact) mass is 448 g/mol. The Morgan fingerprint density at radius 2 is 1.72 bits per heavy atom. The zero-order valence-corrected chi connectivity index (χ0v) is 18.5. The predicted octanol–water partition coefficient (Wildman–Crippen LogP) is 3.70. The first-order valence-corrected chi connectivity index (χ1v) is 11.7. The molecule has 5 rings (SSSR count). The Labute approximate surface area is 191 Å². The summed E-state index contributed by atoms with van der Waals surface area (Å²) in [7, 11) is 0. The van der Waals surface area contributed by atoms with Crippen molar-refractivity contribution >= 4 is 23.5 Å². The summed E-state index contributed by atoms with van der Waals surface area (Å²) in [5.41, 5.74) is 1.73. The van der Waals surface area contributed by atoms with Crippen LogP contribution in [0.4, 0.5) is 5.82 Å². The molecule has 32 heavy (non-hydrogen) atoms. The van der Waals surface area contributed by atoms with Crippen molar-refractivity contribution in [2.45, 2.75) is 11.3 Å². The molecular formula is C24H24N4O3S. The van der Waals surface area contributed by atoms with Crippen LogP contribution in [-0.2, 0) is 4.79 Å². The molecule has 3 aromatic rings. The molecule has 2 aliphatic rings. The molecule has 0 atom stereocenters. The minimum absolute atomic E-state index is 0.220. The van der Waals surface area contributed by atoms with E-state index in [-0.39, 0.29) is 12.7 Å². The Morgan fingerprint density at radius 3 is 2.50 bits per heavy atom. The highest BCUT2D eigenvalue weighted by molar-refractivity contribution is 7.99. The fourth-order valence-electron chi connectivity index (χ4n) is 3.82. The lowest BCUT2D eigenvalue weighted by Crippen LogP contribution is -2.49. The Morgan fingerprint density at radius 1 is 0.906 bits per heavy atom. The van der Waals surface area contributed by atoms with E-state index < -0.39 is 0 Å². The standard InChI is InChI=1S/C24H24N4O3S/c29-24(10-15-32-19-4-2-1-3-5-19)28-13-11-27(12-14-28)23-9-7-20(25-26-23)18-6-8-21-22(16-18)31-17-30-21/h1-9,16H,10-15,17H2. The van der Waals surface area contributed by atoms with Crippen molar-refractivity contribution in [1.29, 1.82) is 0 Å². The third-order valence-corrected chi connectivity index (χ3v) is 6.62. The molecule has 2 aliphatic heterocycles. The molecule has 0 unspecified atom stereocenters. The summed E-state index contributed by atoms with van der Waals surface area (Å²) < 4.78 is 10.8. The molecule has 7 nitrogen and oxygen atoms in total. The highest BCUT2D eigenvalue weighted by atomic mass is 32.2. The zero-order chi connectivity index (χ0) is 21.8. The van der Waals surface area contributed by atoms with E-state index in [0.29, 0.717) is 19.5 Å². The summed E-state index contributed by atoms with van der Waals surface area (Å²) in [5.74, 6) is 3.34. The van der Waals surface area contributed by atoms with E-state index in [2.05, 4.69) is 27.2 Å². The molecule has 1 saturated heterocycles. The van der Waals surface area contributed by atoms with Gasteiger partial charge in [0, 0.05) is 48.8 Å². The van der Waals surface area contributed by atoms with Gasteiger partial charge in [0.25, 0.3) is 0 Å². The SMILES string of the molecule is O=C(CCSc1ccccc1)N1CCN(c2ccc(-c3ccc4c(c3)OCO4)nn2)CC1. The average molecular weight is 449 g/mol. The lowest BCUT2D eigenvalue weighted by molar-refractivity contribution is -0.131. The first-order chi connectivity index (χ1) is 15.8. The van der Waals surface area contributed by atoms with Crippen molar-refractivity contribution in [2.75, 3.05) is 43.6 Å². The lowest BCUT2D eigenvalue weighted by atomic mass is 10.1. The number of anilines is 1. The van der Waals surface area contributed by atoms with Gasteiger partial charge in [-0.25, -0.2) is 0 Å². The van der Waals surface area contributed by atoms with E-state index in [1.807, 2.05) is 53.4 Å². The first-order valence-electron chi connectivity index (χ1n) is 10.7. The number of piperazine rings is 1. The number of benzene rings is 2. The van der Waals surface area contributed by atoms with Gasteiger partial charge in [-0.05, 0) is 42.5 Å². The smallest absolute Gasteiger partial charge is 0.231 e.